The summed E-state index contributed by atoms with van der Waals surface area (Å²) in [6.45, 7) is 1.74. The molecular weight excluding hydrogens is 272 g/mol. The zero-order valence-corrected chi connectivity index (χ0v) is 13.6. The molecular formula is C16H28ClN2O-. The second-order valence-corrected chi connectivity index (χ2v) is 7.60. The second-order valence-electron chi connectivity index (χ2n) is 7.60. The average molecular weight is 300 g/mol. The molecule has 0 radical (unpaired) electrons. The van der Waals surface area contributed by atoms with Gasteiger partial charge in [0.05, 0.1) is 0 Å². The van der Waals surface area contributed by atoms with Crippen LogP contribution in [0.15, 0.2) is 0 Å². The Morgan fingerprint density at radius 2 is 1.65 bits per heavy atom. The second kappa shape index (κ2) is 6.23. The Bertz CT molecular complexity index is 342. The Hall–Kier alpha value is -0.280. The van der Waals surface area contributed by atoms with Crippen LogP contribution in [-0.2, 0) is 4.79 Å². The third kappa shape index (κ3) is 3.14. The Kier molecular flexibility index (Phi) is 5.01. The molecule has 3 nitrogen and oxygen atoms in total. The van der Waals surface area contributed by atoms with Crippen molar-refractivity contribution in [3.63, 3.8) is 0 Å². The van der Waals surface area contributed by atoms with Crippen LogP contribution < -0.4 is 17.7 Å². The van der Waals surface area contributed by atoms with Crippen molar-refractivity contribution in [2.75, 3.05) is 27.2 Å². The molecule has 4 fully saturated rings. The van der Waals surface area contributed by atoms with Crippen molar-refractivity contribution in [1.29, 1.82) is 0 Å². The summed E-state index contributed by atoms with van der Waals surface area (Å²) in [7, 11) is 4.11. The number of nitrogens with zero attached hydrogens (tertiary/aromatic N) is 1. The quantitative estimate of drug-likeness (QED) is 0.743. The first-order valence-electron chi connectivity index (χ1n) is 8.00. The van der Waals surface area contributed by atoms with Crippen LogP contribution in [0.5, 0.6) is 0 Å². The fraction of sp³-hybridized carbons (Fsp3) is 0.938. The normalized spacial score (nSPS) is 38.5. The number of rotatable bonds is 4. The lowest BCUT2D eigenvalue weighted by molar-refractivity contribution is -0.138. The Balaban J connectivity index is 0.00000147. The molecule has 0 aromatic carbocycles. The largest absolute Gasteiger partial charge is 1.00 e. The van der Waals surface area contributed by atoms with E-state index in [1.807, 2.05) is 0 Å². The summed E-state index contributed by atoms with van der Waals surface area (Å²) < 4.78 is 0. The average Bonchev–Trinajstić information content (AvgIpc) is 2.55. The molecule has 4 bridgehead atoms. The van der Waals surface area contributed by atoms with Crippen molar-refractivity contribution in [3.8, 4) is 0 Å². The van der Waals surface area contributed by atoms with E-state index in [0.29, 0.717) is 5.91 Å². The van der Waals surface area contributed by atoms with Gasteiger partial charge in [0, 0.05) is 18.5 Å². The van der Waals surface area contributed by atoms with E-state index >= 15 is 0 Å². The smallest absolute Gasteiger partial charge is 0.226 e. The zero-order valence-electron chi connectivity index (χ0n) is 12.8. The number of likely N-dealkylation sites (N-methyl/N-ethyl adjacent to an activating group) is 1. The molecule has 0 spiro atoms. The van der Waals surface area contributed by atoms with Gasteiger partial charge < -0.3 is 22.6 Å². The standard InChI is InChI=1S/C16H28N2O.ClH/c1-18(2)6-5-17-15(19)16-9-12-3-4-13(10-16)8-14(7-12)11-16;/h12-14H,3-11H2,1-2H3,(H,17,19);1H/p-1. The van der Waals surface area contributed by atoms with Crippen LogP contribution in [0.2, 0.25) is 0 Å². The van der Waals surface area contributed by atoms with Crippen LogP contribution in [0.1, 0.15) is 44.9 Å². The minimum absolute atomic E-state index is 0. The highest BCUT2D eigenvalue weighted by atomic mass is 35.5. The number of carbonyl (C=O) groups is 1. The van der Waals surface area contributed by atoms with Crippen LogP contribution in [0.3, 0.4) is 0 Å². The SMILES string of the molecule is CN(C)CCNC(=O)C12CC3CCC(CC(C3)C1)C2.[Cl-]. The van der Waals surface area contributed by atoms with Gasteiger partial charge in [-0.15, -0.1) is 0 Å². The summed E-state index contributed by atoms with van der Waals surface area (Å²) >= 11 is 0. The Morgan fingerprint density at radius 3 is 2.20 bits per heavy atom. The van der Waals surface area contributed by atoms with E-state index in [9.17, 15) is 4.79 Å². The van der Waals surface area contributed by atoms with E-state index in [0.717, 1.165) is 30.8 Å². The highest BCUT2D eigenvalue weighted by molar-refractivity contribution is 5.83. The summed E-state index contributed by atoms with van der Waals surface area (Å²) in [6.07, 6.45) is 9.10. The topological polar surface area (TPSA) is 32.3 Å². The van der Waals surface area contributed by atoms with Gasteiger partial charge in [0.25, 0.3) is 0 Å². The summed E-state index contributed by atoms with van der Waals surface area (Å²) in [5.41, 5.74) is 0.0132. The minimum atomic E-state index is 0. The lowest BCUT2D eigenvalue weighted by Gasteiger charge is -2.47. The predicted octanol–water partition coefficient (Wildman–Crippen LogP) is -0.725. The van der Waals surface area contributed by atoms with Gasteiger partial charge in [-0.1, -0.05) is 12.8 Å². The minimum Gasteiger partial charge on any atom is -1.00 e. The first-order chi connectivity index (χ1) is 9.07. The van der Waals surface area contributed by atoms with Gasteiger partial charge in [0.2, 0.25) is 5.91 Å². The van der Waals surface area contributed by atoms with Crippen LogP contribution in [0.4, 0.5) is 0 Å². The number of nitrogens with one attached hydrogen (secondary N) is 1. The molecule has 0 aromatic rings. The first kappa shape index (κ1) is 16.1. The number of halogens is 1. The predicted molar refractivity (Wildman–Crippen MR) is 76.8 cm³/mol. The molecule has 0 aromatic heterocycles. The van der Waals surface area contributed by atoms with Gasteiger partial charge in [0.1, 0.15) is 0 Å². The van der Waals surface area contributed by atoms with E-state index in [-0.39, 0.29) is 17.8 Å². The van der Waals surface area contributed by atoms with E-state index in [1.165, 1.54) is 44.9 Å². The maximum absolute atomic E-state index is 12.7. The molecule has 4 saturated carbocycles. The molecule has 4 heteroatoms. The molecule has 4 aliphatic rings. The van der Waals surface area contributed by atoms with Gasteiger partial charge in [-0.2, -0.15) is 0 Å². The molecule has 116 valence electrons. The van der Waals surface area contributed by atoms with Gasteiger partial charge in [0.15, 0.2) is 0 Å². The number of hydrogen-bond acceptors (Lipinski definition) is 2. The lowest BCUT2D eigenvalue weighted by atomic mass is 9.58. The van der Waals surface area contributed by atoms with Crippen LogP contribution in [0, 0.1) is 23.2 Å². The summed E-state index contributed by atoms with van der Waals surface area (Å²) in [5.74, 6) is 2.90. The monoisotopic (exact) mass is 299 g/mol. The molecule has 2 unspecified atom stereocenters. The maximum atomic E-state index is 12.7. The molecule has 0 aliphatic heterocycles. The molecule has 2 atom stereocenters. The summed E-state index contributed by atoms with van der Waals surface area (Å²) in [5, 5.41) is 3.22. The third-order valence-electron chi connectivity index (χ3n) is 5.68. The highest BCUT2D eigenvalue weighted by Crippen LogP contribution is 2.57. The molecule has 1 amide bonds. The molecule has 4 aliphatic carbocycles. The number of hydrogen-bond donors (Lipinski definition) is 1. The van der Waals surface area contributed by atoms with E-state index < -0.39 is 0 Å². The number of amides is 1. The van der Waals surface area contributed by atoms with E-state index in [1.54, 1.807) is 0 Å². The molecule has 0 saturated heterocycles. The fourth-order valence-corrected chi connectivity index (χ4v) is 5.05. The van der Waals surface area contributed by atoms with Crippen molar-refractivity contribution < 1.29 is 17.2 Å². The molecule has 20 heavy (non-hydrogen) atoms. The number of fused-ring (bicyclic) bond motifs is 1. The van der Waals surface area contributed by atoms with Crippen LogP contribution in [-0.4, -0.2) is 38.0 Å². The van der Waals surface area contributed by atoms with Crippen molar-refractivity contribution in [3.05, 3.63) is 0 Å². The maximum Gasteiger partial charge on any atom is 0.226 e. The van der Waals surface area contributed by atoms with Gasteiger partial charge in [-0.05, 0) is 64.0 Å². The van der Waals surface area contributed by atoms with Crippen molar-refractivity contribution >= 4 is 5.91 Å². The number of carbonyl (C=O) groups excluding carboxylic acids is 1. The molecule has 4 rings (SSSR count). The molecule has 1 N–H and O–H groups in total. The van der Waals surface area contributed by atoms with Crippen LogP contribution in [0.25, 0.3) is 0 Å². The zero-order chi connectivity index (χ0) is 13.5. The third-order valence-corrected chi connectivity index (χ3v) is 5.68. The van der Waals surface area contributed by atoms with Crippen molar-refractivity contribution in [2.24, 2.45) is 23.2 Å². The first-order valence-corrected chi connectivity index (χ1v) is 8.00. The van der Waals surface area contributed by atoms with Gasteiger partial charge in [-0.3, -0.25) is 4.79 Å². The van der Waals surface area contributed by atoms with Gasteiger partial charge in [-0.25, -0.2) is 0 Å². The fourth-order valence-electron chi connectivity index (χ4n) is 5.05. The summed E-state index contributed by atoms with van der Waals surface area (Å²) in [6, 6.07) is 0. The summed E-state index contributed by atoms with van der Waals surface area (Å²) in [4.78, 5) is 14.8. The van der Waals surface area contributed by atoms with E-state index in [2.05, 4.69) is 24.3 Å². The lowest BCUT2D eigenvalue weighted by Crippen LogP contribution is -3.00. The van der Waals surface area contributed by atoms with Crippen LogP contribution >= 0.6 is 0 Å². The van der Waals surface area contributed by atoms with Crippen molar-refractivity contribution in [1.82, 2.24) is 10.2 Å². The Morgan fingerprint density at radius 1 is 1.10 bits per heavy atom. The van der Waals surface area contributed by atoms with E-state index in [4.69, 9.17) is 0 Å². The van der Waals surface area contributed by atoms with Gasteiger partial charge >= 0.3 is 0 Å². The molecule has 0 heterocycles. The Labute approximate surface area is 129 Å². The van der Waals surface area contributed by atoms with Crippen molar-refractivity contribution in [2.45, 2.75) is 44.9 Å². The highest BCUT2D eigenvalue weighted by Gasteiger charge is 2.52.